The van der Waals surface area contributed by atoms with Crippen LogP contribution in [-0.4, -0.2) is 0 Å². The van der Waals surface area contributed by atoms with Gasteiger partial charge in [-0.25, -0.2) is 0 Å². The Labute approximate surface area is 253 Å². The van der Waals surface area contributed by atoms with E-state index < -0.39 is 0 Å². The summed E-state index contributed by atoms with van der Waals surface area (Å²) in [5, 5.41) is 0. The summed E-state index contributed by atoms with van der Waals surface area (Å²) in [6.07, 6.45) is 10.4. The van der Waals surface area contributed by atoms with Crippen LogP contribution in [0.4, 0.5) is 22.7 Å². The normalized spacial score (nSPS) is 17.4. The largest absolute Gasteiger partial charge is 0.310 e. The molecule has 0 spiro atoms. The van der Waals surface area contributed by atoms with Gasteiger partial charge in [-0.1, -0.05) is 107 Å². The van der Waals surface area contributed by atoms with Gasteiger partial charge < -0.3 is 9.80 Å². The lowest BCUT2D eigenvalue weighted by Gasteiger charge is -2.51. The lowest BCUT2D eigenvalue weighted by molar-refractivity contribution is 0.574. The summed E-state index contributed by atoms with van der Waals surface area (Å²) in [5.74, 6) is 0. The van der Waals surface area contributed by atoms with Gasteiger partial charge in [-0.2, -0.15) is 0 Å². The van der Waals surface area contributed by atoms with Crippen LogP contribution in [0.25, 0.3) is 0 Å². The molecule has 0 aliphatic carbocycles. The van der Waals surface area contributed by atoms with Gasteiger partial charge in [0.15, 0.2) is 0 Å². The summed E-state index contributed by atoms with van der Waals surface area (Å²) < 4.78 is 0. The lowest BCUT2D eigenvalue weighted by atomic mass is 9.65. The van der Waals surface area contributed by atoms with Gasteiger partial charge in [0, 0.05) is 27.9 Å². The molecule has 0 unspecified atom stereocenters. The number of hydrogen-bond acceptors (Lipinski definition) is 2. The summed E-state index contributed by atoms with van der Waals surface area (Å²) in [5.41, 5.74) is 14.4. The van der Waals surface area contributed by atoms with E-state index in [4.69, 9.17) is 0 Å². The Morgan fingerprint density at radius 1 is 0.833 bits per heavy atom. The van der Waals surface area contributed by atoms with E-state index in [0.29, 0.717) is 0 Å². The molecular weight excluding hydrogens is 508 g/mol. The van der Waals surface area contributed by atoms with Crippen molar-refractivity contribution in [3.63, 3.8) is 0 Å². The minimum absolute atomic E-state index is 0.163. The molecule has 3 aromatic rings. The van der Waals surface area contributed by atoms with Gasteiger partial charge >= 0.3 is 0 Å². The monoisotopic (exact) mass is 552 g/mol. The Bertz CT molecular complexity index is 1700. The standard InChI is InChI=1S/C40H44N2/c1-11-14-21-34(27(4)5)41(35-22-17-15-19-28(35)6)29-24-25-37-33(26-29)40(9,10)31(13-3)38-30(12-2)39(7,8)32-20-16-18-23-36(32)42(37)38/h11-26H,1-2H2,3-10H3/b21-14-,31-13+. The number of aryl methyl sites for hydroxylation is 1. The molecule has 2 heterocycles. The van der Waals surface area contributed by atoms with Crippen molar-refractivity contribution in [2.45, 2.75) is 66.2 Å². The number of nitrogens with zero attached hydrogens (tertiary/aromatic N) is 2. The number of fused-ring (bicyclic) bond motifs is 5. The zero-order valence-electron chi connectivity index (χ0n) is 26.5. The molecule has 0 bridgehead atoms. The van der Waals surface area contributed by atoms with Gasteiger partial charge in [-0.3, -0.25) is 0 Å². The first-order chi connectivity index (χ1) is 20.0. The Hall–Kier alpha value is -4.30. The zero-order chi connectivity index (χ0) is 30.4. The highest BCUT2D eigenvalue weighted by Crippen LogP contribution is 2.58. The highest BCUT2D eigenvalue weighted by atomic mass is 15.2. The topological polar surface area (TPSA) is 6.48 Å². The highest BCUT2D eigenvalue weighted by molar-refractivity contribution is 5.88. The van der Waals surface area contributed by atoms with Crippen LogP contribution in [0.2, 0.25) is 0 Å². The first-order valence-electron chi connectivity index (χ1n) is 14.9. The molecule has 2 aliphatic rings. The molecule has 3 aromatic carbocycles. The van der Waals surface area contributed by atoms with Crippen molar-refractivity contribution in [1.29, 1.82) is 0 Å². The van der Waals surface area contributed by atoms with E-state index in [0.717, 1.165) is 11.4 Å². The molecule has 214 valence electrons. The Morgan fingerprint density at radius 2 is 1.50 bits per heavy atom. The van der Waals surface area contributed by atoms with Crippen LogP contribution >= 0.6 is 0 Å². The lowest BCUT2D eigenvalue weighted by Crippen LogP contribution is -2.42. The quantitative estimate of drug-likeness (QED) is 0.281. The van der Waals surface area contributed by atoms with Gasteiger partial charge in [0.25, 0.3) is 0 Å². The molecule has 2 aliphatic heterocycles. The van der Waals surface area contributed by atoms with Gasteiger partial charge in [0.2, 0.25) is 0 Å². The van der Waals surface area contributed by atoms with E-state index in [1.807, 2.05) is 12.2 Å². The Kier molecular flexibility index (Phi) is 7.53. The van der Waals surface area contributed by atoms with Crippen LogP contribution in [0.1, 0.15) is 65.2 Å². The number of anilines is 4. The second-order valence-electron chi connectivity index (χ2n) is 12.6. The smallest absolute Gasteiger partial charge is 0.0540 e. The third kappa shape index (κ3) is 4.41. The maximum absolute atomic E-state index is 4.32. The fourth-order valence-electron chi connectivity index (χ4n) is 6.89. The van der Waals surface area contributed by atoms with E-state index >= 15 is 0 Å². The fourth-order valence-corrected chi connectivity index (χ4v) is 6.89. The average molecular weight is 553 g/mol. The predicted octanol–water partition coefficient (Wildman–Crippen LogP) is 11.3. The van der Waals surface area contributed by atoms with Crippen molar-refractivity contribution >= 4 is 22.7 Å². The van der Waals surface area contributed by atoms with Crippen molar-refractivity contribution in [3.05, 3.63) is 155 Å². The molecule has 42 heavy (non-hydrogen) atoms. The molecule has 2 heteroatoms. The molecule has 0 saturated carbocycles. The minimum atomic E-state index is -0.234. The maximum Gasteiger partial charge on any atom is 0.0540 e. The highest BCUT2D eigenvalue weighted by Gasteiger charge is 2.46. The molecule has 0 amide bonds. The molecule has 0 radical (unpaired) electrons. The van der Waals surface area contributed by atoms with Crippen molar-refractivity contribution in [2.75, 3.05) is 9.80 Å². The van der Waals surface area contributed by atoms with Crippen molar-refractivity contribution in [2.24, 2.45) is 0 Å². The zero-order valence-corrected chi connectivity index (χ0v) is 26.5. The number of hydrogen-bond donors (Lipinski definition) is 0. The molecule has 0 fully saturated rings. The number of rotatable bonds is 6. The number of para-hydroxylation sites is 2. The van der Waals surface area contributed by atoms with Crippen LogP contribution in [-0.2, 0) is 10.8 Å². The molecule has 0 saturated heterocycles. The van der Waals surface area contributed by atoms with Gasteiger partial charge in [-0.05, 0) is 91.9 Å². The summed E-state index contributed by atoms with van der Waals surface area (Å²) in [4.78, 5) is 4.87. The Balaban J connectivity index is 1.85. The van der Waals surface area contributed by atoms with Crippen LogP contribution < -0.4 is 9.80 Å². The van der Waals surface area contributed by atoms with Gasteiger partial charge in [0.1, 0.15) is 0 Å². The molecule has 5 rings (SSSR count). The van der Waals surface area contributed by atoms with Crippen LogP contribution in [0.3, 0.4) is 0 Å². The van der Waals surface area contributed by atoms with E-state index in [-0.39, 0.29) is 10.8 Å². The van der Waals surface area contributed by atoms with E-state index in [2.05, 4.69) is 163 Å². The van der Waals surface area contributed by atoms with E-state index in [9.17, 15) is 0 Å². The van der Waals surface area contributed by atoms with Crippen LogP contribution in [0.15, 0.2) is 138 Å². The molecule has 0 N–H and O–H groups in total. The second-order valence-corrected chi connectivity index (χ2v) is 12.6. The third-order valence-corrected chi connectivity index (χ3v) is 9.04. The molecule has 0 atom stereocenters. The summed E-state index contributed by atoms with van der Waals surface area (Å²) >= 11 is 0. The summed E-state index contributed by atoms with van der Waals surface area (Å²) in [6.45, 7) is 26.3. The number of allylic oxidation sites excluding steroid dienone is 8. The van der Waals surface area contributed by atoms with Gasteiger partial charge in [0.05, 0.1) is 17.1 Å². The SMILES string of the molecule is C=C/C=C\C(=C(C)C)N(c1ccc2c(c1)C(C)(C)/C(=C/C)C1=C(C=C)C(C)(C)c3ccccc3N12)c1ccccc1C. The van der Waals surface area contributed by atoms with Crippen molar-refractivity contribution < 1.29 is 0 Å². The Morgan fingerprint density at radius 3 is 2.14 bits per heavy atom. The average Bonchev–Trinajstić information content (AvgIpc) is 2.96. The second kappa shape index (κ2) is 10.8. The molecule has 2 nitrogen and oxygen atoms in total. The predicted molar refractivity (Wildman–Crippen MR) is 183 cm³/mol. The molecule has 0 aromatic heterocycles. The third-order valence-electron chi connectivity index (χ3n) is 9.04. The van der Waals surface area contributed by atoms with Crippen LogP contribution in [0.5, 0.6) is 0 Å². The number of benzene rings is 3. The first kappa shape index (κ1) is 29.2. The van der Waals surface area contributed by atoms with E-state index in [1.54, 1.807) is 0 Å². The first-order valence-corrected chi connectivity index (χ1v) is 14.9. The maximum atomic E-state index is 4.32. The van der Waals surface area contributed by atoms with Crippen molar-refractivity contribution in [1.82, 2.24) is 0 Å². The van der Waals surface area contributed by atoms with Crippen LogP contribution in [0, 0.1) is 6.92 Å². The van der Waals surface area contributed by atoms with Gasteiger partial charge in [-0.15, -0.1) is 0 Å². The summed E-state index contributed by atoms with van der Waals surface area (Å²) in [6, 6.07) is 24.5. The fraction of sp³-hybridized carbons (Fsp3) is 0.250. The van der Waals surface area contributed by atoms with Crippen molar-refractivity contribution in [3.8, 4) is 0 Å². The summed E-state index contributed by atoms with van der Waals surface area (Å²) in [7, 11) is 0. The minimum Gasteiger partial charge on any atom is -0.310 e. The van der Waals surface area contributed by atoms with E-state index in [1.165, 1.54) is 56.2 Å². The molecular formula is C40H44N2.